The highest BCUT2D eigenvalue weighted by Gasteiger charge is 2.37. The molecule has 4 rings (SSSR count). The van der Waals surface area contributed by atoms with Gasteiger partial charge in [0.15, 0.2) is 5.69 Å². The number of ether oxygens (including phenoxy) is 1. The first kappa shape index (κ1) is 28.0. The molecule has 1 aliphatic carbocycles. The molecule has 0 saturated heterocycles. The van der Waals surface area contributed by atoms with E-state index in [4.69, 9.17) is 16.2 Å². The van der Waals surface area contributed by atoms with Crippen LogP contribution in [0.25, 0.3) is 11.3 Å². The lowest BCUT2D eigenvalue weighted by Gasteiger charge is -2.26. The molecule has 0 unspecified atom stereocenters. The van der Waals surface area contributed by atoms with Crippen LogP contribution in [0.3, 0.4) is 0 Å². The number of nitrogen functional groups attached to an aromatic ring is 1. The molecule has 37 heavy (non-hydrogen) atoms. The number of benzene rings is 1. The third kappa shape index (κ3) is 6.23. The van der Waals surface area contributed by atoms with E-state index < -0.39 is 51.9 Å². The van der Waals surface area contributed by atoms with E-state index in [1.807, 2.05) is 0 Å². The highest BCUT2D eigenvalue weighted by Crippen LogP contribution is 2.39. The fourth-order valence-electron chi connectivity index (χ4n) is 3.89. The highest BCUT2D eigenvalue weighted by atomic mass is 35.5. The van der Waals surface area contributed by atoms with Gasteiger partial charge in [0.25, 0.3) is 5.91 Å². The quantitative estimate of drug-likeness (QED) is 0.396. The lowest BCUT2D eigenvalue weighted by molar-refractivity contribution is -0.137. The second-order valence-electron chi connectivity index (χ2n) is 8.27. The summed E-state index contributed by atoms with van der Waals surface area (Å²) in [6.07, 6.45) is -0.00217. The molecule has 0 atom stereocenters. The lowest BCUT2D eigenvalue weighted by atomic mass is 9.94. The van der Waals surface area contributed by atoms with Gasteiger partial charge in [-0.15, -0.1) is 12.4 Å². The monoisotopic (exact) mass is 544 g/mol. The summed E-state index contributed by atoms with van der Waals surface area (Å²) in [7, 11) is 0. The normalized spacial score (nSPS) is 17.6. The van der Waals surface area contributed by atoms with Crippen LogP contribution >= 0.6 is 12.4 Å². The van der Waals surface area contributed by atoms with Crippen molar-refractivity contribution < 1.29 is 31.5 Å². The molecule has 0 aliphatic heterocycles. The standard InChI is InChI=1S/C23H21F5N6O2.ClH/c24-14-2-1-3-15(25)18(14)19-13(23(26,27)28)8-16(30)20(34-19)21(35)33-17-9-31-10-32-22(17)36-12-6-4-11(29)5-7-12;/h1-3,8-12H,4-7,29-30H2,(H,33,35);1H/t11-,12-;. The molecule has 0 spiro atoms. The first-order chi connectivity index (χ1) is 17.0. The Hall–Kier alpha value is -3.58. The highest BCUT2D eigenvalue weighted by molar-refractivity contribution is 6.07. The first-order valence-corrected chi connectivity index (χ1v) is 10.9. The molecular formula is C23H22ClF5N6O2. The van der Waals surface area contributed by atoms with Crippen LogP contribution in [-0.4, -0.2) is 33.0 Å². The topological polar surface area (TPSA) is 129 Å². The number of pyridine rings is 1. The zero-order valence-corrected chi connectivity index (χ0v) is 19.9. The fraction of sp³-hybridized carbons (Fsp3) is 0.304. The van der Waals surface area contributed by atoms with Gasteiger partial charge in [-0.25, -0.2) is 18.7 Å². The maximum atomic E-state index is 14.4. The van der Waals surface area contributed by atoms with Gasteiger partial charge in [-0.1, -0.05) is 6.07 Å². The van der Waals surface area contributed by atoms with Crippen LogP contribution in [-0.2, 0) is 6.18 Å². The van der Waals surface area contributed by atoms with Crippen molar-refractivity contribution in [3.63, 3.8) is 0 Å². The Balaban J connectivity index is 0.00000380. The van der Waals surface area contributed by atoms with Crippen molar-refractivity contribution in [1.82, 2.24) is 15.0 Å². The molecule has 8 nitrogen and oxygen atoms in total. The Morgan fingerprint density at radius 2 is 1.76 bits per heavy atom. The fourth-order valence-corrected chi connectivity index (χ4v) is 3.89. The molecular weight excluding hydrogens is 523 g/mol. The largest absolute Gasteiger partial charge is 0.473 e. The number of rotatable bonds is 5. The number of alkyl halides is 3. The number of nitrogens with one attached hydrogen (secondary N) is 1. The predicted octanol–water partition coefficient (Wildman–Crippen LogP) is 4.74. The van der Waals surface area contributed by atoms with Crippen molar-refractivity contribution >= 4 is 29.7 Å². The zero-order chi connectivity index (χ0) is 26.0. The zero-order valence-electron chi connectivity index (χ0n) is 19.1. The average molecular weight is 545 g/mol. The second kappa shape index (κ2) is 11.2. The van der Waals surface area contributed by atoms with Crippen molar-refractivity contribution in [2.75, 3.05) is 11.1 Å². The number of amides is 1. The van der Waals surface area contributed by atoms with Gasteiger partial charge in [-0.2, -0.15) is 18.2 Å². The smallest absolute Gasteiger partial charge is 0.418 e. The number of hydrogen-bond acceptors (Lipinski definition) is 7. The minimum absolute atomic E-state index is 0. The Bertz CT molecular complexity index is 1260. The number of carbonyl (C=O) groups excluding carboxylic acids is 1. The van der Waals surface area contributed by atoms with Crippen LogP contribution in [0.1, 0.15) is 41.7 Å². The number of anilines is 2. The molecule has 1 aliphatic rings. The minimum Gasteiger partial charge on any atom is -0.473 e. The Morgan fingerprint density at radius 3 is 2.38 bits per heavy atom. The minimum atomic E-state index is -5.06. The van der Waals surface area contributed by atoms with Crippen LogP contribution in [0.5, 0.6) is 5.88 Å². The lowest BCUT2D eigenvalue weighted by Crippen LogP contribution is -2.32. The molecule has 1 saturated carbocycles. The van der Waals surface area contributed by atoms with Gasteiger partial charge < -0.3 is 21.5 Å². The van der Waals surface area contributed by atoms with Gasteiger partial charge in [-0.3, -0.25) is 4.79 Å². The second-order valence-corrected chi connectivity index (χ2v) is 8.27. The number of halogens is 6. The van der Waals surface area contributed by atoms with Gasteiger partial charge in [0.05, 0.1) is 28.7 Å². The summed E-state index contributed by atoms with van der Waals surface area (Å²) in [6, 6.07) is 3.03. The van der Waals surface area contributed by atoms with E-state index in [1.165, 1.54) is 12.5 Å². The Kier molecular flexibility index (Phi) is 8.49. The van der Waals surface area contributed by atoms with E-state index in [9.17, 15) is 26.7 Å². The SMILES string of the molecule is Cl.Nc1cc(C(F)(F)F)c(-c2c(F)cccc2F)nc1C(=O)Nc1cncnc1O[C@H]1CC[C@H](N)CC1. The van der Waals surface area contributed by atoms with Crippen LogP contribution in [0.15, 0.2) is 36.8 Å². The summed E-state index contributed by atoms with van der Waals surface area (Å²) in [5.74, 6) is -3.60. The van der Waals surface area contributed by atoms with E-state index in [-0.39, 0.29) is 36.1 Å². The van der Waals surface area contributed by atoms with E-state index in [0.717, 1.165) is 31.0 Å². The molecule has 3 aromatic rings. The van der Waals surface area contributed by atoms with E-state index in [0.29, 0.717) is 18.9 Å². The summed E-state index contributed by atoms with van der Waals surface area (Å²) in [5, 5.41) is 2.41. The summed E-state index contributed by atoms with van der Waals surface area (Å²) in [5.41, 5.74) is 6.64. The molecule has 198 valence electrons. The Labute approximate surface area is 214 Å². The predicted molar refractivity (Wildman–Crippen MR) is 127 cm³/mol. The maximum Gasteiger partial charge on any atom is 0.418 e. The number of aromatic nitrogens is 3. The summed E-state index contributed by atoms with van der Waals surface area (Å²) in [4.78, 5) is 24.5. The van der Waals surface area contributed by atoms with Gasteiger partial charge in [0, 0.05) is 6.04 Å². The molecule has 14 heteroatoms. The summed E-state index contributed by atoms with van der Waals surface area (Å²) >= 11 is 0. The molecule has 1 amide bonds. The van der Waals surface area contributed by atoms with Crippen molar-refractivity contribution in [2.45, 2.75) is 44.0 Å². The summed E-state index contributed by atoms with van der Waals surface area (Å²) in [6.45, 7) is 0. The van der Waals surface area contributed by atoms with Gasteiger partial charge in [0.2, 0.25) is 5.88 Å². The number of nitrogens with zero attached hydrogens (tertiary/aromatic N) is 3. The third-order valence-corrected chi connectivity index (χ3v) is 5.69. The van der Waals surface area contributed by atoms with E-state index in [1.54, 1.807) is 0 Å². The molecule has 2 aromatic heterocycles. The van der Waals surface area contributed by atoms with Crippen LogP contribution < -0.4 is 21.5 Å². The molecule has 2 heterocycles. The summed E-state index contributed by atoms with van der Waals surface area (Å²) < 4.78 is 75.6. The van der Waals surface area contributed by atoms with E-state index in [2.05, 4.69) is 20.3 Å². The van der Waals surface area contributed by atoms with Crippen molar-refractivity contribution in [1.29, 1.82) is 0 Å². The van der Waals surface area contributed by atoms with Gasteiger partial charge in [-0.05, 0) is 43.9 Å². The molecule has 0 radical (unpaired) electrons. The van der Waals surface area contributed by atoms with E-state index >= 15 is 0 Å². The third-order valence-electron chi connectivity index (χ3n) is 5.69. The molecule has 0 bridgehead atoms. The molecule has 5 N–H and O–H groups in total. The van der Waals surface area contributed by atoms with Crippen LogP contribution in [0.4, 0.5) is 33.3 Å². The van der Waals surface area contributed by atoms with Crippen molar-refractivity contribution in [3.8, 4) is 17.1 Å². The number of carbonyl (C=O) groups is 1. The molecule has 1 fully saturated rings. The van der Waals surface area contributed by atoms with Crippen LogP contribution in [0, 0.1) is 11.6 Å². The number of nitrogens with two attached hydrogens (primary N) is 2. The average Bonchev–Trinajstić information content (AvgIpc) is 2.81. The van der Waals surface area contributed by atoms with Crippen LogP contribution in [0.2, 0.25) is 0 Å². The first-order valence-electron chi connectivity index (χ1n) is 10.9. The Morgan fingerprint density at radius 1 is 1.11 bits per heavy atom. The molecule has 1 aromatic carbocycles. The van der Waals surface area contributed by atoms with Crippen molar-refractivity contribution in [3.05, 3.63) is 59.7 Å². The maximum absolute atomic E-state index is 14.4. The van der Waals surface area contributed by atoms with Gasteiger partial charge in [0.1, 0.15) is 29.8 Å². The number of hydrogen-bond donors (Lipinski definition) is 3. The van der Waals surface area contributed by atoms with Gasteiger partial charge >= 0.3 is 6.18 Å². The van der Waals surface area contributed by atoms with Crippen molar-refractivity contribution in [2.24, 2.45) is 5.73 Å².